The fourth-order valence-corrected chi connectivity index (χ4v) is 4.77. The molecule has 0 N–H and O–H groups in total. The molecule has 0 saturated carbocycles. The highest BCUT2D eigenvalue weighted by Crippen LogP contribution is 2.41. The highest BCUT2D eigenvalue weighted by atomic mass is 15.2. The molecule has 3 heterocycles. The number of nitrogens with zero attached hydrogens (tertiary/aromatic N) is 3. The van der Waals surface area contributed by atoms with Crippen molar-refractivity contribution in [3.63, 3.8) is 0 Å². The van der Waals surface area contributed by atoms with Gasteiger partial charge in [0.25, 0.3) is 0 Å². The van der Waals surface area contributed by atoms with Gasteiger partial charge in [-0.1, -0.05) is 0 Å². The maximum atomic E-state index is 2.77. The van der Waals surface area contributed by atoms with Crippen molar-refractivity contribution < 1.29 is 0 Å². The lowest BCUT2D eigenvalue weighted by Gasteiger charge is -2.48. The molecule has 0 bridgehead atoms. The number of piperidine rings is 2. The van der Waals surface area contributed by atoms with E-state index in [2.05, 4.69) is 35.6 Å². The minimum atomic E-state index is 0.703. The lowest BCUT2D eigenvalue weighted by atomic mass is 9.71. The summed E-state index contributed by atoms with van der Waals surface area (Å²) in [6.45, 7) is 14.1. The van der Waals surface area contributed by atoms with Gasteiger partial charge in [0.2, 0.25) is 0 Å². The van der Waals surface area contributed by atoms with Gasteiger partial charge in [0, 0.05) is 19.1 Å². The van der Waals surface area contributed by atoms with Crippen molar-refractivity contribution in [2.75, 3.05) is 52.9 Å². The molecule has 3 rings (SSSR count). The summed E-state index contributed by atoms with van der Waals surface area (Å²) in [4.78, 5) is 7.94. The van der Waals surface area contributed by atoms with Crippen LogP contribution in [0.3, 0.4) is 0 Å². The molecule has 0 aromatic rings. The molecule has 3 fully saturated rings. The van der Waals surface area contributed by atoms with Crippen molar-refractivity contribution in [2.45, 2.75) is 52.0 Å². The molecular weight excluding hydrogens is 258 g/mol. The molecule has 1 atom stereocenters. The first-order valence-electron chi connectivity index (χ1n) is 9.21. The third kappa shape index (κ3) is 3.80. The quantitative estimate of drug-likeness (QED) is 0.792. The molecular formula is C18H35N3. The monoisotopic (exact) mass is 293 g/mol. The summed E-state index contributed by atoms with van der Waals surface area (Å²) < 4.78 is 0. The fraction of sp³-hybridized carbons (Fsp3) is 1.00. The second kappa shape index (κ2) is 6.55. The summed E-state index contributed by atoms with van der Waals surface area (Å²) in [7, 11) is 2.27. The first-order valence-corrected chi connectivity index (χ1v) is 9.21. The van der Waals surface area contributed by atoms with Crippen molar-refractivity contribution >= 4 is 0 Å². The summed E-state index contributed by atoms with van der Waals surface area (Å²) in [6, 6.07) is 0.738. The van der Waals surface area contributed by atoms with E-state index in [0.29, 0.717) is 5.41 Å². The molecule has 3 aliphatic heterocycles. The molecule has 0 amide bonds. The number of rotatable bonds is 3. The van der Waals surface area contributed by atoms with Gasteiger partial charge in [-0.25, -0.2) is 0 Å². The van der Waals surface area contributed by atoms with Crippen LogP contribution in [-0.2, 0) is 0 Å². The molecule has 0 aromatic heterocycles. The zero-order valence-electron chi connectivity index (χ0n) is 14.5. The Hall–Kier alpha value is -0.120. The van der Waals surface area contributed by atoms with Gasteiger partial charge in [-0.05, 0) is 97.1 Å². The highest BCUT2D eigenvalue weighted by Gasteiger charge is 2.38. The topological polar surface area (TPSA) is 9.72 Å². The van der Waals surface area contributed by atoms with Crippen molar-refractivity contribution in [3.05, 3.63) is 0 Å². The van der Waals surface area contributed by atoms with Crippen molar-refractivity contribution in [3.8, 4) is 0 Å². The van der Waals surface area contributed by atoms with Crippen LogP contribution in [0.4, 0.5) is 0 Å². The summed E-state index contributed by atoms with van der Waals surface area (Å²) in [6.07, 6.45) is 7.24. The van der Waals surface area contributed by atoms with Crippen LogP contribution in [-0.4, -0.2) is 73.6 Å². The van der Waals surface area contributed by atoms with E-state index in [9.17, 15) is 0 Å². The van der Waals surface area contributed by atoms with E-state index in [1.807, 2.05) is 0 Å². The van der Waals surface area contributed by atoms with Crippen LogP contribution in [0.15, 0.2) is 0 Å². The second-order valence-electron chi connectivity index (χ2n) is 8.35. The third-order valence-electron chi connectivity index (χ3n) is 6.51. The molecule has 3 saturated heterocycles. The number of hydrogen-bond donors (Lipinski definition) is 0. The summed E-state index contributed by atoms with van der Waals surface area (Å²) in [5, 5.41) is 0. The molecule has 0 aliphatic carbocycles. The largest absolute Gasteiger partial charge is 0.306 e. The summed E-state index contributed by atoms with van der Waals surface area (Å²) >= 11 is 0. The lowest BCUT2D eigenvalue weighted by Crippen LogP contribution is -2.49. The van der Waals surface area contributed by atoms with E-state index < -0.39 is 0 Å². The van der Waals surface area contributed by atoms with E-state index in [1.165, 1.54) is 77.9 Å². The minimum Gasteiger partial charge on any atom is -0.306 e. The Morgan fingerprint density at radius 3 is 2.10 bits per heavy atom. The zero-order valence-corrected chi connectivity index (χ0v) is 14.5. The summed E-state index contributed by atoms with van der Waals surface area (Å²) in [5.41, 5.74) is 0.703. The lowest BCUT2D eigenvalue weighted by molar-refractivity contribution is 0.0214. The molecule has 0 aromatic carbocycles. The second-order valence-corrected chi connectivity index (χ2v) is 8.35. The molecule has 122 valence electrons. The smallest absolute Gasteiger partial charge is 0.00385 e. The van der Waals surface area contributed by atoms with Crippen LogP contribution in [0.1, 0.15) is 46.0 Å². The van der Waals surface area contributed by atoms with Crippen LogP contribution < -0.4 is 0 Å². The van der Waals surface area contributed by atoms with E-state index in [0.717, 1.165) is 12.0 Å². The van der Waals surface area contributed by atoms with Crippen LogP contribution in [0.25, 0.3) is 0 Å². The Kier molecular flexibility index (Phi) is 4.92. The molecule has 3 heteroatoms. The highest BCUT2D eigenvalue weighted by molar-refractivity contribution is 4.92. The molecule has 21 heavy (non-hydrogen) atoms. The van der Waals surface area contributed by atoms with Crippen LogP contribution in [0.5, 0.6) is 0 Å². The third-order valence-corrected chi connectivity index (χ3v) is 6.51. The molecule has 1 spiro atoms. The molecule has 1 unspecified atom stereocenters. The predicted molar refractivity (Wildman–Crippen MR) is 89.7 cm³/mol. The van der Waals surface area contributed by atoms with Crippen LogP contribution in [0.2, 0.25) is 0 Å². The van der Waals surface area contributed by atoms with Gasteiger partial charge in [-0.3, -0.25) is 0 Å². The van der Waals surface area contributed by atoms with Gasteiger partial charge in [0.1, 0.15) is 0 Å². The Morgan fingerprint density at radius 1 is 0.952 bits per heavy atom. The van der Waals surface area contributed by atoms with Crippen LogP contribution in [0, 0.1) is 11.3 Å². The average molecular weight is 293 g/mol. The van der Waals surface area contributed by atoms with Crippen molar-refractivity contribution in [2.24, 2.45) is 11.3 Å². The maximum Gasteiger partial charge on any atom is 0.00385 e. The average Bonchev–Trinajstić information content (AvgIpc) is 2.88. The van der Waals surface area contributed by atoms with Gasteiger partial charge in [0.05, 0.1) is 0 Å². The van der Waals surface area contributed by atoms with Crippen molar-refractivity contribution in [1.82, 2.24) is 14.7 Å². The van der Waals surface area contributed by atoms with E-state index in [1.54, 1.807) is 0 Å². The van der Waals surface area contributed by atoms with Gasteiger partial charge in [-0.15, -0.1) is 0 Å². The Bertz CT molecular complexity index is 323. The van der Waals surface area contributed by atoms with Crippen LogP contribution >= 0.6 is 0 Å². The standard InChI is InChI=1S/C18H35N3/c1-16(2)21-12-7-18(8-13-21)5-10-20(11-6-18)15-17-4-9-19(3)14-17/h16-17H,4-15H2,1-3H3. The van der Waals surface area contributed by atoms with E-state index in [4.69, 9.17) is 0 Å². The molecule has 0 radical (unpaired) electrons. The predicted octanol–water partition coefficient (Wildman–Crippen LogP) is 2.52. The van der Waals surface area contributed by atoms with Gasteiger partial charge >= 0.3 is 0 Å². The Labute approximate surface area is 131 Å². The van der Waals surface area contributed by atoms with Gasteiger partial charge in [0.15, 0.2) is 0 Å². The SMILES string of the molecule is CC(C)N1CCC2(CCN(CC3CCN(C)C3)CC2)CC1. The Morgan fingerprint density at radius 2 is 1.57 bits per heavy atom. The normalized spacial score (nSPS) is 32.3. The molecule has 3 nitrogen and oxygen atoms in total. The van der Waals surface area contributed by atoms with Gasteiger partial charge < -0.3 is 14.7 Å². The first-order chi connectivity index (χ1) is 10.1. The molecule has 3 aliphatic rings. The van der Waals surface area contributed by atoms with Gasteiger partial charge in [-0.2, -0.15) is 0 Å². The fourth-order valence-electron chi connectivity index (χ4n) is 4.77. The van der Waals surface area contributed by atoms with E-state index in [-0.39, 0.29) is 0 Å². The Balaban J connectivity index is 1.43. The minimum absolute atomic E-state index is 0.703. The number of likely N-dealkylation sites (tertiary alicyclic amines) is 3. The first kappa shape index (κ1) is 15.8. The number of hydrogen-bond acceptors (Lipinski definition) is 3. The summed E-state index contributed by atoms with van der Waals surface area (Å²) in [5.74, 6) is 0.937. The zero-order chi connectivity index (χ0) is 14.9. The van der Waals surface area contributed by atoms with E-state index >= 15 is 0 Å². The van der Waals surface area contributed by atoms with Crippen molar-refractivity contribution in [1.29, 1.82) is 0 Å². The maximum absolute atomic E-state index is 2.77.